The molecule has 4 heteroatoms. The third-order valence-corrected chi connectivity index (χ3v) is 2.19. The first kappa shape index (κ1) is 8.74. The molecule has 0 atom stereocenters. The van der Waals surface area contributed by atoms with E-state index in [1.807, 2.05) is 29.8 Å². The molecule has 0 aliphatic heterocycles. The van der Waals surface area contributed by atoms with E-state index in [2.05, 4.69) is 9.97 Å². The minimum atomic E-state index is 0.584. The standard InChI is InChI=1S/C10H12N4/c1-8-12-5-6-14(8)7-9-3-2-4-13-10(9)11/h2-6H,7H2,1H3,(H2,11,13). The molecule has 14 heavy (non-hydrogen) atoms. The van der Waals surface area contributed by atoms with Crippen molar-refractivity contribution in [2.75, 3.05) is 5.73 Å². The van der Waals surface area contributed by atoms with Crippen LogP contribution in [0.25, 0.3) is 0 Å². The molecule has 2 aromatic rings. The highest BCUT2D eigenvalue weighted by Gasteiger charge is 2.01. The molecule has 0 saturated heterocycles. The van der Waals surface area contributed by atoms with Crippen LogP contribution >= 0.6 is 0 Å². The Morgan fingerprint density at radius 2 is 2.21 bits per heavy atom. The molecule has 0 fully saturated rings. The van der Waals surface area contributed by atoms with Crippen molar-refractivity contribution in [2.24, 2.45) is 0 Å². The fourth-order valence-electron chi connectivity index (χ4n) is 1.34. The van der Waals surface area contributed by atoms with E-state index in [4.69, 9.17) is 5.73 Å². The molecule has 0 bridgehead atoms. The second-order valence-corrected chi connectivity index (χ2v) is 3.15. The van der Waals surface area contributed by atoms with Crippen molar-refractivity contribution in [3.05, 3.63) is 42.1 Å². The number of aromatic nitrogens is 3. The van der Waals surface area contributed by atoms with Crippen LogP contribution in [0, 0.1) is 6.92 Å². The van der Waals surface area contributed by atoms with Crippen molar-refractivity contribution in [3.63, 3.8) is 0 Å². The predicted molar refractivity (Wildman–Crippen MR) is 54.7 cm³/mol. The number of rotatable bonds is 2. The number of hydrogen-bond donors (Lipinski definition) is 1. The maximum Gasteiger partial charge on any atom is 0.128 e. The Morgan fingerprint density at radius 3 is 2.86 bits per heavy atom. The second-order valence-electron chi connectivity index (χ2n) is 3.15. The first-order chi connectivity index (χ1) is 6.77. The average molecular weight is 188 g/mol. The third-order valence-electron chi connectivity index (χ3n) is 2.19. The molecule has 2 N–H and O–H groups in total. The second kappa shape index (κ2) is 3.49. The van der Waals surface area contributed by atoms with Crippen molar-refractivity contribution >= 4 is 5.82 Å². The summed E-state index contributed by atoms with van der Waals surface area (Å²) in [7, 11) is 0. The van der Waals surface area contributed by atoms with E-state index in [1.54, 1.807) is 12.4 Å². The van der Waals surface area contributed by atoms with Gasteiger partial charge in [-0.2, -0.15) is 0 Å². The fraction of sp³-hybridized carbons (Fsp3) is 0.200. The van der Waals surface area contributed by atoms with Crippen LogP contribution in [-0.4, -0.2) is 14.5 Å². The van der Waals surface area contributed by atoms with Gasteiger partial charge in [0.1, 0.15) is 11.6 Å². The summed E-state index contributed by atoms with van der Waals surface area (Å²) in [5.74, 6) is 1.56. The Morgan fingerprint density at radius 1 is 1.36 bits per heavy atom. The highest BCUT2D eigenvalue weighted by Crippen LogP contribution is 2.09. The summed E-state index contributed by atoms with van der Waals surface area (Å²) in [6.45, 7) is 2.69. The molecule has 0 spiro atoms. The lowest BCUT2D eigenvalue weighted by Crippen LogP contribution is -2.04. The summed E-state index contributed by atoms with van der Waals surface area (Å²) in [4.78, 5) is 8.18. The first-order valence-electron chi connectivity index (χ1n) is 4.44. The van der Waals surface area contributed by atoms with Crippen LogP contribution in [0.2, 0.25) is 0 Å². The molecule has 0 aromatic carbocycles. The summed E-state index contributed by atoms with van der Waals surface area (Å²) in [5.41, 5.74) is 6.76. The average Bonchev–Trinajstić information content (AvgIpc) is 2.56. The largest absolute Gasteiger partial charge is 0.383 e. The van der Waals surface area contributed by atoms with Gasteiger partial charge in [0.15, 0.2) is 0 Å². The smallest absolute Gasteiger partial charge is 0.128 e. The molecular weight excluding hydrogens is 176 g/mol. The van der Waals surface area contributed by atoms with E-state index in [-0.39, 0.29) is 0 Å². The van der Waals surface area contributed by atoms with Gasteiger partial charge in [0.25, 0.3) is 0 Å². The van der Waals surface area contributed by atoms with Crippen molar-refractivity contribution in [1.82, 2.24) is 14.5 Å². The topological polar surface area (TPSA) is 56.7 Å². The lowest BCUT2D eigenvalue weighted by molar-refractivity contribution is 0.761. The van der Waals surface area contributed by atoms with E-state index >= 15 is 0 Å². The molecule has 0 unspecified atom stereocenters. The Hall–Kier alpha value is -1.84. The van der Waals surface area contributed by atoms with Crippen molar-refractivity contribution in [2.45, 2.75) is 13.5 Å². The molecule has 2 heterocycles. The van der Waals surface area contributed by atoms with E-state index in [0.29, 0.717) is 5.82 Å². The van der Waals surface area contributed by atoms with Crippen LogP contribution < -0.4 is 5.73 Å². The number of anilines is 1. The van der Waals surface area contributed by atoms with Gasteiger partial charge in [-0.15, -0.1) is 0 Å². The van der Waals surface area contributed by atoms with Crippen LogP contribution in [0.5, 0.6) is 0 Å². The molecule has 0 aliphatic rings. The summed E-state index contributed by atoms with van der Waals surface area (Å²) in [5, 5.41) is 0. The molecule has 72 valence electrons. The van der Waals surface area contributed by atoms with Gasteiger partial charge < -0.3 is 10.3 Å². The SMILES string of the molecule is Cc1nccn1Cc1cccnc1N. The van der Waals surface area contributed by atoms with Gasteiger partial charge in [-0.25, -0.2) is 9.97 Å². The highest BCUT2D eigenvalue weighted by atomic mass is 15.1. The third kappa shape index (κ3) is 1.59. The lowest BCUT2D eigenvalue weighted by atomic mass is 10.2. The molecule has 0 aliphatic carbocycles. The van der Waals surface area contributed by atoms with Gasteiger partial charge in [-0.05, 0) is 13.0 Å². The van der Waals surface area contributed by atoms with Gasteiger partial charge in [0.2, 0.25) is 0 Å². The zero-order valence-electron chi connectivity index (χ0n) is 8.01. The Labute approximate surface area is 82.4 Å². The van der Waals surface area contributed by atoms with Gasteiger partial charge in [-0.3, -0.25) is 0 Å². The molecule has 4 nitrogen and oxygen atoms in total. The number of pyridine rings is 1. The zero-order valence-corrected chi connectivity index (χ0v) is 8.01. The summed E-state index contributed by atoms with van der Waals surface area (Å²) in [6, 6.07) is 3.86. The number of nitrogens with zero attached hydrogens (tertiary/aromatic N) is 3. The number of nitrogens with two attached hydrogens (primary N) is 1. The molecule has 2 rings (SSSR count). The molecule has 0 saturated carbocycles. The van der Waals surface area contributed by atoms with Crippen molar-refractivity contribution in [1.29, 1.82) is 0 Å². The minimum Gasteiger partial charge on any atom is -0.383 e. The van der Waals surface area contributed by atoms with Gasteiger partial charge in [0, 0.05) is 24.2 Å². The summed E-state index contributed by atoms with van der Waals surface area (Å²) in [6.07, 6.45) is 5.41. The molecule has 2 aromatic heterocycles. The zero-order chi connectivity index (χ0) is 9.97. The highest BCUT2D eigenvalue weighted by molar-refractivity contribution is 5.38. The van der Waals surface area contributed by atoms with E-state index in [9.17, 15) is 0 Å². The van der Waals surface area contributed by atoms with Crippen LogP contribution in [0.3, 0.4) is 0 Å². The number of hydrogen-bond acceptors (Lipinski definition) is 3. The quantitative estimate of drug-likeness (QED) is 0.770. The maximum atomic E-state index is 5.74. The monoisotopic (exact) mass is 188 g/mol. The normalized spacial score (nSPS) is 10.4. The summed E-state index contributed by atoms with van der Waals surface area (Å²) >= 11 is 0. The van der Waals surface area contributed by atoms with E-state index < -0.39 is 0 Å². The Kier molecular flexibility index (Phi) is 2.18. The summed E-state index contributed by atoms with van der Waals surface area (Å²) < 4.78 is 2.04. The van der Waals surface area contributed by atoms with Crippen LogP contribution in [0.4, 0.5) is 5.82 Å². The fourth-order valence-corrected chi connectivity index (χ4v) is 1.34. The Balaban J connectivity index is 2.28. The first-order valence-corrected chi connectivity index (χ1v) is 4.44. The molecular formula is C10H12N4. The predicted octanol–water partition coefficient (Wildman–Crippen LogP) is 1.22. The maximum absolute atomic E-state index is 5.74. The molecule has 0 amide bonds. The van der Waals surface area contributed by atoms with Crippen LogP contribution in [-0.2, 0) is 6.54 Å². The minimum absolute atomic E-state index is 0.584. The Bertz CT molecular complexity index is 433. The lowest BCUT2D eigenvalue weighted by Gasteiger charge is -2.06. The van der Waals surface area contributed by atoms with Gasteiger partial charge in [-0.1, -0.05) is 6.07 Å². The number of aryl methyl sites for hydroxylation is 1. The van der Waals surface area contributed by atoms with E-state index in [0.717, 1.165) is 17.9 Å². The van der Waals surface area contributed by atoms with Crippen molar-refractivity contribution in [3.8, 4) is 0 Å². The van der Waals surface area contributed by atoms with Crippen LogP contribution in [0.1, 0.15) is 11.4 Å². The molecule has 0 radical (unpaired) electrons. The van der Waals surface area contributed by atoms with E-state index in [1.165, 1.54) is 0 Å². The van der Waals surface area contributed by atoms with Crippen molar-refractivity contribution < 1.29 is 0 Å². The van der Waals surface area contributed by atoms with Gasteiger partial charge >= 0.3 is 0 Å². The van der Waals surface area contributed by atoms with Crippen LogP contribution in [0.15, 0.2) is 30.7 Å². The number of nitrogen functional groups attached to an aromatic ring is 1. The number of imidazole rings is 1. The van der Waals surface area contributed by atoms with Gasteiger partial charge in [0.05, 0.1) is 6.54 Å².